The maximum Gasteiger partial charge on any atom is 0.239 e. The summed E-state index contributed by atoms with van der Waals surface area (Å²) in [5.41, 5.74) is 5.66. The van der Waals surface area contributed by atoms with Gasteiger partial charge in [-0.3, -0.25) is 9.59 Å². The second-order valence-corrected chi connectivity index (χ2v) is 5.84. The maximum absolute atomic E-state index is 13.4. The number of rotatable bonds is 8. The van der Waals surface area contributed by atoms with E-state index in [4.69, 9.17) is 10.5 Å². The van der Waals surface area contributed by atoms with Crippen LogP contribution in [0.5, 0.6) is 5.75 Å². The fraction of sp³-hybridized carbons (Fsp3) is 0.500. The van der Waals surface area contributed by atoms with Gasteiger partial charge in [0.2, 0.25) is 11.8 Å². The van der Waals surface area contributed by atoms with Gasteiger partial charge < -0.3 is 21.1 Å². The van der Waals surface area contributed by atoms with Gasteiger partial charge in [-0.2, -0.15) is 0 Å². The number of hydrogen-bond acceptors (Lipinski definition) is 4. The smallest absolute Gasteiger partial charge is 0.239 e. The van der Waals surface area contributed by atoms with Gasteiger partial charge in [0.05, 0.1) is 18.6 Å². The molecule has 134 valence electrons. The third-order valence-electron chi connectivity index (χ3n) is 3.23. The molecule has 2 amide bonds. The first kappa shape index (κ1) is 19.8. The molecule has 24 heavy (non-hydrogen) atoms. The number of carbonyl (C=O) groups is 2. The minimum Gasteiger partial charge on any atom is -0.488 e. The van der Waals surface area contributed by atoms with Gasteiger partial charge in [-0.25, -0.2) is 8.78 Å². The quantitative estimate of drug-likeness (QED) is 0.655. The Hall–Kier alpha value is -2.22. The Labute approximate surface area is 139 Å². The van der Waals surface area contributed by atoms with Crippen LogP contribution in [0.2, 0.25) is 0 Å². The minimum atomic E-state index is -0.816. The highest BCUT2D eigenvalue weighted by Gasteiger charge is 2.18. The molecule has 0 aliphatic rings. The van der Waals surface area contributed by atoms with Crippen LogP contribution in [0.15, 0.2) is 18.2 Å². The number of ether oxygens (including phenoxy) is 1. The van der Waals surface area contributed by atoms with Crippen LogP contribution in [0.25, 0.3) is 0 Å². The van der Waals surface area contributed by atoms with E-state index in [-0.39, 0.29) is 24.8 Å². The molecule has 1 rings (SSSR count). The number of nitrogens with two attached hydrogens (primary N) is 1. The van der Waals surface area contributed by atoms with Gasteiger partial charge in [0.1, 0.15) is 12.4 Å². The molecule has 1 aromatic carbocycles. The molecule has 0 aromatic heterocycles. The second-order valence-electron chi connectivity index (χ2n) is 5.84. The molecule has 0 spiro atoms. The molecular formula is C16H23F2N3O3. The molecule has 0 radical (unpaired) electrons. The average Bonchev–Trinajstić information content (AvgIpc) is 2.50. The number of nitrogens with one attached hydrogen (secondary N) is 2. The topological polar surface area (TPSA) is 93.5 Å². The van der Waals surface area contributed by atoms with Gasteiger partial charge in [0.25, 0.3) is 0 Å². The summed E-state index contributed by atoms with van der Waals surface area (Å²) in [6.07, 6.45) is 0. The molecule has 2 atom stereocenters. The van der Waals surface area contributed by atoms with E-state index in [1.54, 1.807) is 20.8 Å². The largest absolute Gasteiger partial charge is 0.488 e. The molecule has 0 bridgehead atoms. The van der Waals surface area contributed by atoms with Crippen molar-refractivity contribution >= 4 is 11.8 Å². The van der Waals surface area contributed by atoms with Crippen molar-refractivity contribution in [3.05, 3.63) is 29.8 Å². The number of halogens is 2. The van der Waals surface area contributed by atoms with Gasteiger partial charge in [-0.1, -0.05) is 13.8 Å². The van der Waals surface area contributed by atoms with Crippen molar-refractivity contribution in [2.75, 3.05) is 13.2 Å². The lowest BCUT2D eigenvalue weighted by molar-refractivity contribution is -0.127. The minimum absolute atomic E-state index is 0.00620. The van der Waals surface area contributed by atoms with Crippen LogP contribution in [0.4, 0.5) is 8.78 Å². The lowest BCUT2D eigenvalue weighted by Gasteiger charge is -2.17. The Kier molecular flexibility index (Phi) is 7.57. The van der Waals surface area contributed by atoms with E-state index in [9.17, 15) is 18.4 Å². The predicted octanol–water partition coefficient (Wildman–Crippen LogP) is 0.948. The fourth-order valence-electron chi connectivity index (χ4n) is 1.76. The molecule has 0 aliphatic carbocycles. The molecule has 0 saturated heterocycles. The molecule has 1 aromatic rings. The van der Waals surface area contributed by atoms with Crippen LogP contribution in [0.1, 0.15) is 20.8 Å². The first-order valence-electron chi connectivity index (χ1n) is 7.61. The normalized spacial score (nSPS) is 13.3. The van der Waals surface area contributed by atoms with Crippen LogP contribution >= 0.6 is 0 Å². The summed E-state index contributed by atoms with van der Waals surface area (Å²) in [6, 6.07) is 1.85. The summed E-state index contributed by atoms with van der Waals surface area (Å²) in [7, 11) is 0. The van der Waals surface area contributed by atoms with Crippen molar-refractivity contribution in [1.82, 2.24) is 10.6 Å². The molecule has 0 saturated carbocycles. The summed E-state index contributed by atoms with van der Waals surface area (Å²) in [4.78, 5) is 23.4. The number of benzene rings is 1. The van der Waals surface area contributed by atoms with Crippen LogP contribution in [-0.4, -0.2) is 37.0 Å². The van der Waals surface area contributed by atoms with Crippen molar-refractivity contribution in [1.29, 1.82) is 0 Å². The van der Waals surface area contributed by atoms with Gasteiger partial charge in [-0.15, -0.1) is 0 Å². The van der Waals surface area contributed by atoms with E-state index in [1.165, 1.54) is 6.07 Å². The van der Waals surface area contributed by atoms with Crippen molar-refractivity contribution < 1.29 is 23.1 Å². The SMILES string of the molecule is CC(COc1ccc(F)cc1F)NC(=O)CNC(=O)[C@@H](N)C(C)C. The molecule has 6 nitrogen and oxygen atoms in total. The lowest BCUT2D eigenvalue weighted by Crippen LogP contribution is -2.48. The van der Waals surface area contributed by atoms with E-state index in [0.717, 1.165) is 6.07 Å². The van der Waals surface area contributed by atoms with E-state index >= 15 is 0 Å². The lowest BCUT2D eigenvalue weighted by atomic mass is 10.1. The first-order valence-corrected chi connectivity index (χ1v) is 7.61. The Morgan fingerprint density at radius 2 is 1.92 bits per heavy atom. The summed E-state index contributed by atoms with van der Waals surface area (Å²) >= 11 is 0. The van der Waals surface area contributed by atoms with Gasteiger partial charge in [0, 0.05) is 6.07 Å². The third-order valence-corrected chi connectivity index (χ3v) is 3.23. The standard InChI is InChI=1S/C16H23F2N3O3/c1-9(2)15(19)16(23)20-7-14(22)21-10(3)8-24-13-5-4-11(17)6-12(13)18/h4-6,9-10,15H,7-8,19H2,1-3H3,(H,20,23)(H,21,22)/t10?,15-/m0/s1. The fourth-order valence-corrected chi connectivity index (χ4v) is 1.76. The van der Waals surface area contributed by atoms with Crippen molar-refractivity contribution in [3.8, 4) is 5.75 Å². The average molecular weight is 343 g/mol. The molecular weight excluding hydrogens is 320 g/mol. The highest BCUT2D eigenvalue weighted by molar-refractivity contribution is 5.87. The van der Waals surface area contributed by atoms with Gasteiger partial charge in [-0.05, 0) is 25.0 Å². The zero-order valence-electron chi connectivity index (χ0n) is 13.9. The van der Waals surface area contributed by atoms with Crippen LogP contribution < -0.4 is 21.1 Å². The monoisotopic (exact) mass is 343 g/mol. The van der Waals surface area contributed by atoms with E-state index in [1.807, 2.05) is 0 Å². The van der Waals surface area contributed by atoms with Gasteiger partial charge >= 0.3 is 0 Å². The van der Waals surface area contributed by atoms with Crippen LogP contribution in [-0.2, 0) is 9.59 Å². The zero-order valence-corrected chi connectivity index (χ0v) is 13.9. The van der Waals surface area contributed by atoms with Crippen molar-refractivity contribution in [3.63, 3.8) is 0 Å². The summed E-state index contributed by atoms with van der Waals surface area (Å²) in [5.74, 6) is -2.48. The molecule has 4 N–H and O–H groups in total. The Bertz CT molecular complexity index is 582. The zero-order chi connectivity index (χ0) is 18.3. The third kappa shape index (κ3) is 6.49. The summed E-state index contributed by atoms with van der Waals surface area (Å²) < 4.78 is 31.4. The van der Waals surface area contributed by atoms with Crippen LogP contribution in [0, 0.1) is 17.6 Å². The van der Waals surface area contributed by atoms with Crippen LogP contribution in [0.3, 0.4) is 0 Å². The molecule has 0 fully saturated rings. The van der Waals surface area contributed by atoms with Gasteiger partial charge in [0.15, 0.2) is 11.6 Å². The molecule has 1 unspecified atom stereocenters. The highest BCUT2D eigenvalue weighted by atomic mass is 19.1. The molecule has 8 heteroatoms. The van der Waals surface area contributed by atoms with Crippen molar-refractivity contribution in [2.45, 2.75) is 32.9 Å². The highest BCUT2D eigenvalue weighted by Crippen LogP contribution is 2.17. The van der Waals surface area contributed by atoms with Crippen molar-refractivity contribution in [2.24, 2.45) is 11.7 Å². The summed E-state index contributed by atoms with van der Waals surface area (Å²) in [5, 5.41) is 5.03. The Morgan fingerprint density at radius 1 is 1.25 bits per heavy atom. The van der Waals surface area contributed by atoms with E-state index in [0.29, 0.717) is 6.07 Å². The maximum atomic E-state index is 13.4. The number of amides is 2. The predicted molar refractivity (Wildman–Crippen MR) is 85.3 cm³/mol. The number of carbonyl (C=O) groups excluding carboxylic acids is 2. The summed E-state index contributed by atoms with van der Waals surface area (Å²) in [6.45, 7) is 5.04. The molecule has 0 aliphatic heterocycles. The Morgan fingerprint density at radius 3 is 2.50 bits per heavy atom. The second kappa shape index (κ2) is 9.17. The molecule has 0 heterocycles. The van der Waals surface area contributed by atoms with E-state index < -0.39 is 35.5 Å². The number of hydrogen-bond donors (Lipinski definition) is 3. The van der Waals surface area contributed by atoms with E-state index in [2.05, 4.69) is 10.6 Å². The first-order chi connectivity index (χ1) is 11.2. The Balaban J connectivity index is 2.35.